The van der Waals surface area contributed by atoms with E-state index in [1.807, 2.05) is 38.2 Å². The largest absolute Gasteiger partial charge is 0.393 e. The van der Waals surface area contributed by atoms with Crippen molar-refractivity contribution >= 4 is 17.5 Å². The van der Waals surface area contributed by atoms with Crippen LogP contribution in [0.2, 0.25) is 5.02 Å². The summed E-state index contributed by atoms with van der Waals surface area (Å²) in [4.78, 5) is 16.1. The molecule has 0 radical (unpaired) electrons. The first-order valence-electron chi connectivity index (χ1n) is 7.34. The Hall–Kier alpha value is -1.10. The molecule has 1 fully saturated rings. The standard InChI is InChI=1S/C16H23ClN2O2/c1-12(20)14-6-7-19(10-14)11-16(21)18(2)9-13-4-3-5-15(17)8-13/h3-5,8,12,14,20H,6-7,9-11H2,1-2H3. The first kappa shape index (κ1) is 16.3. The smallest absolute Gasteiger partial charge is 0.236 e. The van der Waals surface area contributed by atoms with Gasteiger partial charge in [0, 0.05) is 25.2 Å². The number of aliphatic hydroxyl groups is 1. The molecule has 0 aliphatic carbocycles. The summed E-state index contributed by atoms with van der Waals surface area (Å²) in [5, 5.41) is 10.3. The van der Waals surface area contributed by atoms with Crippen LogP contribution in [-0.4, -0.2) is 53.6 Å². The third-order valence-corrected chi connectivity index (χ3v) is 4.32. The highest BCUT2D eigenvalue weighted by Gasteiger charge is 2.27. The van der Waals surface area contributed by atoms with Gasteiger partial charge in [0.05, 0.1) is 12.6 Å². The highest BCUT2D eigenvalue weighted by molar-refractivity contribution is 6.30. The molecule has 1 aromatic rings. The lowest BCUT2D eigenvalue weighted by Gasteiger charge is -2.22. The van der Waals surface area contributed by atoms with Crippen LogP contribution in [0, 0.1) is 5.92 Å². The van der Waals surface area contributed by atoms with Crippen LogP contribution in [0.1, 0.15) is 18.9 Å². The number of likely N-dealkylation sites (N-methyl/N-ethyl adjacent to an activating group) is 1. The number of halogens is 1. The van der Waals surface area contributed by atoms with Crippen LogP contribution in [0.4, 0.5) is 0 Å². The molecule has 2 atom stereocenters. The Labute approximate surface area is 131 Å². The lowest BCUT2D eigenvalue weighted by Crippen LogP contribution is -2.37. The van der Waals surface area contributed by atoms with E-state index in [9.17, 15) is 9.90 Å². The van der Waals surface area contributed by atoms with Crippen molar-refractivity contribution in [2.24, 2.45) is 5.92 Å². The van der Waals surface area contributed by atoms with Crippen molar-refractivity contribution in [1.82, 2.24) is 9.80 Å². The molecule has 0 saturated carbocycles. The molecule has 2 unspecified atom stereocenters. The maximum Gasteiger partial charge on any atom is 0.236 e. The Morgan fingerprint density at radius 1 is 1.57 bits per heavy atom. The van der Waals surface area contributed by atoms with Gasteiger partial charge in [0.2, 0.25) is 5.91 Å². The van der Waals surface area contributed by atoms with Gasteiger partial charge in [0.15, 0.2) is 0 Å². The van der Waals surface area contributed by atoms with Gasteiger partial charge in [-0.15, -0.1) is 0 Å². The van der Waals surface area contributed by atoms with Crippen LogP contribution in [-0.2, 0) is 11.3 Å². The van der Waals surface area contributed by atoms with Gasteiger partial charge in [-0.2, -0.15) is 0 Å². The van der Waals surface area contributed by atoms with Gasteiger partial charge in [-0.25, -0.2) is 0 Å². The Morgan fingerprint density at radius 2 is 2.33 bits per heavy atom. The van der Waals surface area contributed by atoms with E-state index in [-0.39, 0.29) is 17.9 Å². The molecular weight excluding hydrogens is 288 g/mol. The predicted molar refractivity (Wildman–Crippen MR) is 84.2 cm³/mol. The topological polar surface area (TPSA) is 43.8 Å². The van der Waals surface area contributed by atoms with Crippen molar-refractivity contribution < 1.29 is 9.90 Å². The van der Waals surface area contributed by atoms with Crippen molar-refractivity contribution in [3.05, 3.63) is 34.9 Å². The third-order valence-electron chi connectivity index (χ3n) is 4.08. The molecule has 1 saturated heterocycles. The molecule has 1 heterocycles. The molecule has 1 N–H and O–H groups in total. The Kier molecular flexibility index (Phi) is 5.62. The average molecular weight is 311 g/mol. The zero-order valence-electron chi connectivity index (χ0n) is 12.6. The zero-order chi connectivity index (χ0) is 15.4. The Morgan fingerprint density at radius 3 is 2.95 bits per heavy atom. The quantitative estimate of drug-likeness (QED) is 0.904. The number of carbonyl (C=O) groups is 1. The summed E-state index contributed by atoms with van der Waals surface area (Å²) in [5.41, 5.74) is 1.03. The van der Waals surface area contributed by atoms with E-state index in [0.717, 1.165) is 25.1 Å². The van der Waals surface area contributed by atoms with Gasteiger partial charge >= 0.3 is 0 Å². The second-order valence-corrected chi connectivity index (χ2v) is 6.34. The minimum Gasteiger partial charge on any atom is -0.393 e. The maximum atomic E-state index is 12.3. The summed E-state index contributed by atoms with van der Waals surface area (Å²) < 4.78 is 0. The minimum absolute atomic E-state index is 0.0984. The summed E-state index contributed by atoms with van der Waals surface area (Å²) in [5.74, 6) is 0.386. The molecule has 1 aliphatic heterocycles. The first-order chi connectivity index (χ1) is 9.95. The monoisotopic (exact) mass is 310 g/mol. The molecule has 1 aliphatic rings. The molecule has 0 aromatic heterocycles. The van der Waals surface area contributed by atoms with Gasteiger partial charge < -0.3 is 10.0 Å². The van der Waals surface area contributed by atoms with Crippen LogP contribution in [0.5, 0.6) is 0 Å². The van der Waals surface area contributed by atoms with E-state index in [4.69, 9.17) is 11.6 Å². The lowest BCUT2D eigenvalue weighted by atomic mass is 10.0. The molecule has 2 rings (SSSR count). The van der Waals surface area contributed by atoms with Crippen LogP contribution >= 0.6 is 11.6 Å². The number of nitrogens with zero attached hydrogens (tertiary/aromatic N) is 2. The van der Waals surface area contributed by atoms with Crippen LogP contribution in [0.25, 0.3) is 0 Å². The molecule has 1 amide bonds. The van der Waals surface area contributed by atoms with Gasteiger partial charge in [-0.1, -0.05) is 23.7 Å². The van der Waals surface area contributed by atoms with Crippen molar-refractivity contribution in [1.29, 1.82) is 0 Å². The summed E-state index contributed by atoms with van der Waals surface area (Å²) >= 11 is 5.96. The summed E-state index contributed by atoms with van der Waals surface area (Å²) in [6.45, 7) is 4.48. The first-order valence-corrected chi connectivity index (χ1v) is 7.72. The summed E-state index contributed by atoms with van der Waals surface area (Å²) in [6, 6.07) is 7.57. The normalized spacial score (nSPS) is 20.5. The van der Waals surface area contributed by atoms with Gasteiger partial charge in [0.1, 0.15) is 0 Å². The van der Waals surface area contributed by atoms with E-state index < -0.39 is 0 Å². The van der Waals surface area contributed by atoms with E-state index in [1.165, 1.54) is 0 Å². The van der Waals surface area contributed by atoms with Crippen LogP contribution in [0.3, 0.4) is 0 Å². The molecule has 4 nitrogen and oxygen atoms in total. The van der Waals surface area contributed by atoms with Crippen LogP contribution < -0.4 is 0 Å². The highest BCUT2D eigenvalue weighted by Crippen LogP contribution is 2.19. The fourth-order valence-electron chi connectivity index (χ4n) is 2.71. The summed E-state index contributed by atoms with van der Waals surface area (Å²) in [6.07, 6.45) is 0.664. The van der Waals surface area contributed by atoms with Gasteiger partial charge in [0.25, 0.3) is 0 Å². The van der Waals surface area contributed by atoms with Crippen molar-refractivity contribution in [2.75, 3.05) is 26.7 Å². The molecule has 5 heteroatoms. The number of likely N-dealkylation sites (tertiary alicyclic amines) is 1. The minimum atomic E-state index is -0.297. The SMILES string of the molecule is CC(O)C1CCN(CC(=O)N(C)Cc2cccc(Cl)c2)C1. The molecule has 0 spiro atoms. The number of carbonyl (C=O) groups excluding carboxylic acids is 1. The van der Waals surface area contributed by atoms with E-state index >= 15 is 0 Å². The molecule has 116 valence electrons. The molecule has 0 bridgehead atoms. The number of amides is 1. The van der Waals surface area contributed by atoms with Crippen LogP contribution in [0.15, 0.2) is 24.3 Å². The second kappa shape index (κ2) is 7.25. The Bertz CT molecular complexity index is 493. The zero-order valence-corrected chi connectivity index (χ0v) is 13.4. The van der Waals surface area contributed by atoms with Gasteiger partial charge in [-0.05, 0) is 43.5 Å². The average Bonchev–Trinajstić information content (AvgIpc) is 2.87. The predicted octanol–water partition coefficient (Wildman–Crippen LogP) is 2.00. The number of hydrogen-bond donors (Lipinski definition) is 1. The highest BCUT2D eigenvalue weighted by atomic mass is 35.5. The second-order valence-electron chi connectivity index (χ2n) is 5.90. The lowest BCUT2D eigenvalue weighted by molar-refractivity contribution is -0.131. The number of aliphatic hydroxyl groups excluding tert-OH is 1. The number of hydrogen-bond acceptors (Lipinski definition) is 3. The van der Waals surface area contributed by atoms with Crippen molar-refractivity contribution in [2.45, 2.75) is 26.0 Å². The van der Waals surface area contributed by atoms with E-state index in [1.54, 1.807) is 4.90 Å². The molecule has 1 aromatic carbocycles. The fraction of sp³-hybridized carbons (Fsp3) is 0.562. The van der Waals surface area contributed by atoms with E-state index in [0.29, 0.717) is 18.1 Å². The molecule has 21 heavy (non-hydrogen) atoms. The number of benzene rings is 1. The van der Waals surface area contributed by atoms with E-state index in [2.05, 4.69) is 4.90 Å². The van der Waals surface area contributed by atoms with Crippen molar-refractivity contribution in [3.63, 3.8) is 0 Å². The maximum absolute atomic E-state index is 12.3. The Balaban J connectivity index is 1.83. The van der Waals surface area contributed by atoms with Gasteiger partial charge in [-0.3, -0.25) is 9.69 Å². The molecular formula is C16H23ClN2O2. The fourth-order valence-corrected chi connectivity index (χ4v) is 2.92. The van der Waals surface area contributed by atoms with Crippen molar-refractivity contribution in [3.8, 4) is 0 Å². The summed E-state index contributed by atoms with van der Waals surface area (Å²) in [7, 11) is 1.81. The third kappa shape index (κ3) is 4.70. The number of rotatable bonds is 5.